The van der Waals surface area contributed by atoms with Gasteiger partial charge in [0, 0.05) is 10.2 Å². The second kappa shape index (κ2) is 5.71. The zero-order valence-corrected chi connectivity index (χ0v) is 12.9. The van der Waals surface area contributed by atoms with Gasteiger partial charge in [0.1, 0.15) is 0 Å². The minimum Gasteiger partial charge on any atom is -0.413 e. The highest BCUT2D eigenvalue weighted by molar-refractivity contribution is 14.1. The van der Waals surface area contributed by atoms with Crippen molar-refractivity contribution in [1.29, 1.82) is 0 Å². The van der Waals surface area contributed by atoms with Crippen LogP contribution in [0.3, 0.4) is 0 Å². The molecule has 0 aliphatic carbocycles. The first-order valence-electron chi connectivity index (χ1n) is 5.10. The predicted octanol–water partition coefficient (Wildman–Crippen LogP) is 4.15. The second-order valence-corrected chi connectivity index (χ2v) is 11.6. The minimum absolute atomic E-state index is 0.381. The van der Waals surface area contributed by atoms with Crippen LogP contribution in [0.5, 0.6) is 0 Å². The van der Waals surface area contributed by atoms with Gasteiger partial charge in [0.15, 0.2) is 0 Å². The summed E-state index contributed by atoms with van der Waals surface area (Å²) in [5, 5.41) is 0. The van der Waals surface area contributed by atoms with Gasteiger partial charge in [0.05, 0.1) is 0 Å². The summed E-state index contributed by atoms with van der Waals surface area (Å²) in [6, 6.07) is 0. The maximum absolute atomic E-state index is 6.24. The van der Waals surface area contributed by atoms with Crippen LogP contribution in [0.15, 0.2) is 0 Å². The highest BCUT2D eigenvalue weighted by Crippen LogP contribution is 2.35. The lowest BCUT2D eigenvalue weighted by atomic mass is 10.5. The molecule has 0 fully saturated rings. The van der Waals surface area contributed by atoms with Gasteiger partial charge in [-0.3, -0.25) is 0 Å². The van der Waals surface area contributed by atoms with Gasteiger partial charge in [0.2, 0.25) is 8.32 Å². The third-order valence-corrected chi connectivity index (χ3v) is 11.4. The van der Waals surface area contributed by atoms with E-state index in [9.17, 15) is 0 Å². The van der Waals surface area contributed by atoms with E-state index >= 15 is 0 Å². The Balaban J connectivity index is 4.65. The van der Waals surface area contributed by atoms with Crippen LogP contribution >= 0.6 is 22.6 Å². The van der Waals surface area contributed by atoms with E-state index in [4.69, 9.17) is 4.43 Å². The first-order chi connectivity index (χ1) is 5.86. The van der Waals surface area contributed by atoms with Gasteiger partial charge in [0.25, 0.3) is 0 Å². The van der Waals surface area contributed by atoms with Crippen LogP contribution < -0.4 is 0 Å². The van der Waals surface area contributed by atoms with Crippen molar-refractivity contribution in [2.75, 3.05) is 4.05 Å². The van der Waals surface area contributed by atoms with Crippen LogP contribution in [0.4, 0.5) is 0 Å². The lowest BCUT2D eigenvalue weighted by Gasteiger charge is -2.38. The first kappa shape index (κ1) is 13.9. The zero-order chi connectivity index (χ0) is 10.6. The second-order valence-electron chi connectivity index (χ2n) is 4.56. The molecule has 13 heavy (non-hydrogen) atoms. The van der Waals surface area contributed by atoms with E-state index in [1.165, 1.54) is 4.05 Å². The van der Waals surface area contributed by atoms with E-state index in [1.54, 1.807) is 0 Å². The van der Waals surface area contributed by atoms with Crippen molar-refractivity contribution in [1.82, 2.24) is 0 Å². The Bertz CT molecular complexity index is 138. The van der Waals surface area contributed by atoms with E-state index in [0.29, 0.717) is 17.2 Å². The Labute approximate surface area is 97.9 Å². The van der Waals surface area contributed by atoms with Gasteiger partial charge >= 0.3 is 0 Å². The Morgan fingerprint density at radius 1 is 1.00 bits per heavy atom. The zero-order valence-electron chi connectivity index (χ0n) is 9.73. The summed E-state index contributed by atoms with van der Waals surface area (Å²) in [4.78, 5) is 0. The fraction of sp³-hybridized carbons (Fsp3) is 1.00. The van der Waals surface area contributed by atoms with Crippen molar-refractivity contribution in [2.45, 2.75) is 58.7 Å². The largest absolute Gasteiger partial charge is 0.413 e. The standard InChI is InChI=1S/C10H23IOSi/c1-8(2)12-13(7-11,9(3)4)10(5)6/h8-10H,7H2,1-6H3. The van der Waals surface area contributed by atoms with E-state index in [-0.39, 0.29) is 0 Å². The van der Waals surface area contributed by atoms with Crippen LogP contribution in [-0.4, -0.2) is 18.5 Å². The molecule has 0 aliphatic rings. The van der Waals surface area contributed by atoms with Crippen molar-refractivity contribution >= 4 is 30.9 Å². The molecule has 0 unspecified atom stereocenters. The monoisotopic (exact) mass is 314 g/mol. The number of hydrogen-bond donors (Lipinski definition) is 0. The van der Waals surface area contributed by atoms with Crippen molar-refractivity contribution < 1.29 is 4.43 Å². The molecule has 0 atom stereocenters. The van der Waals surface area contributed by atoms with E-state index in [2.05, 4.69) is 64.1 Å². The molecule has 0 aromatic heterocycles. The maximum Gasteiger partial charge on any atom is 0.207 e. The molecular formula is C10H23IOSi. The van der Waals surface area contributed by atoms with Crippen molar-refractivity contribution in [2.24, 2.45) is 0 Å². The normalized spacial score (nSPS) is 13.4. The van der Waals surface area contributed by atoms with Crippen molar-refractivity contribution in [3.8, 4) is 0 Å². The highest BCUT2D eigenvalue weighted by atomic mass is 127. The topological polar surface area (TPSA) is 9.23 Å². The highest BCUT2D eigenvalue weighted by Gasteiger charge is 2.41. The molecule has 1 nitrogen and oxygen atoms in total. The summed E-state index contributed by atoms with van der Waals surface area (Å²) >= 11 is 2.50. The molecule has 0 heterocycles. The van der Waals surface area contributed by atoms with Crippen LogP contribution in [0.25, 0.3) is 0 Å². The van der Waals surface area contributed by atoms with E-state index in [0.717, 1.165) is 0 Å². The van der Waals surface area contributed by atoms with Crippen molar-refractivity contribution in [3.05, 3.63) is 0 Å². The molecule has 80 valence electrons. The molecule has 0 N–H and O–H groups in total. The Kier molecular flexibility index (Phi) is 6.10. The molecule has 0 rings (SSSR count). The lowest BCUT2D eigenvalue weighted by molar-refractivity contribution is 0.218. The molecule has 0 aliphatic heterocycles. The molecule has 0 radical (unpaired) electrons. The fourth-order valence-electron chi connectivity index (χ4n) is 1.72. The first-order valence-corrected chi connectivity index (χ1v) is 8.90. The van der Waals surface area contributed by atoms with Gasteiger partial charge in [-0.2, -0.15) is 0 Å². The molecule has 0 saturated heterocycles. The third kappa shape index (κ3) is 3.51. The Hall–Kier alpha value is 0.907. The van der Waals surface area contributed by atoms with Crippen molar-refractivity contribution in [3.63, 3.8) is 0 Å². The van der Waals surface area contributed by atoms with Gasteiger partial charge in [-0.1, -0.05) is 50.3 Å². The summed E-state index contributed by atoms with van der Waals surface area (Å²) in [6.45, 7) is 13.6. The molecule has 0 aromatic carbocycles. The quantitative estimate of drug-likeness (QED) is 0.421. The van der Waals surface area contributed by atoms with Crippen LogP contribution in [-0.2, 0) is 4.43 Å². The molecule has 3 heteroatoms. The molecule has 0 spiro atoms. The summed E-state index contributed by atoms with van der Waals surface area (Å²) in [5.41, 5.74) is 1.43. The number of rotatable bonds is 5. The Morgan fingerprint density at radius 2 is 1.38 bits per heavy atom. The van der Waals surface area contributed by atoms with Crippen LogP contribution in [0, 0.1) is 0 Å². The van der Waals surface area contributed by atoms with Gasteiger partial charge in [-0.15, -0.1) is 0 Å². The summed E-state index contributed by atoms with van der Waals surface area (Å²) in [5.74, 6) is 0. The molecule has 0 bridgehead atoms. The van der Waals surface area contributed by atoms with E-state index < -0.39 is 8.32 Å². The summed E-state index contributed by atoms with van der Waals surface area (Å²) in [7, 11) is -1.50. The average molecular weight is 314 g/mol. The van der Waals surface area contributed by atoms with Crippen LogP contribution in [0.2, 0.25) is 11.1 Å². The Morgan fingerprint density at radius 3 is 1.46 bits per heavy atom. The maximum atomic E-state index is 6.24. The predicted molar refractivity (Wildman–Crippen MR) is 71.1 cm³/mol. The molecule has 0 aromatic rings. The average Bonchev–Trinajstić information content (AvgIpc) is 1.98. The number of halogens is 1. The minimum atomic E-state index is -1.50. The summed E-state index contributed by atoms with van der Waals surface area (Å²) < 4.78 is 7.45. The molecule has 0 amide bonds. The number of hydrogen-bond acceptors (Lipinski definition) is 1. The smallest absolute Gasteiger partial charge is 0.207 e. The third-order valence-electron chi connectivity index (χ3n) is 2.62. The summed E-state index contributed by atoms with van der Waals surface area (Å²) in [6.07, 6.45) is 0.381. The SMILES string of the molecule is CC(C)O[Si](CI)(C(C)C)C(C)C. The van der Waals surface area contributed by atoms with Gasteiger partial charge < -0.3 is 4.43 Å². The van der Waals surface area contributed by atoms with Gasteiger partial charge in [-0.05, 0) is 24.9 Å². The lowest BCUT2D eigenvalue weighted by Crippen LogP contribution is -2.48. The van der Waals surface area contributed by atoms with Crippen LogP contribution in [0.1, 0.15) is 41.5 Å². The molecular weight excluding hydrogens is 291 g/mol. The van der Waals surface area contributed by atoms with E-state index in [1.807, 2.05) is 0 Å². The molecule has 0 saturated carbocycles. The fourth-order valence-corrected chi connectivity index (χ4v) is 11.0. The number of alkyl halides is 1. The van der Waals surface area contributed by atoms with Gasteiger partial charge in [-0.25, -0.2) is 0 Å².